The van der Waals surface area contributed by atoms with Gasteiger partial charge >= 0.3 is 0 Å². The Kier molecular flexibility index (Phi) is 5.74. The summed E-state index contributed by atoms with van der Waals surface area (Å²) in [6.07, 6.45) is 5.42. The summed E-state index contributed by atoms with van der Waals surface area (Å²) in [5.74, 6) is 1.51. The van der Waals surface area contributed by atoms with Crippen molar-refractivity contribution in [2.24, 2.45) is 0 Å². The number of anilines is 1. The Hall–Kier alpha value is -2.18. The number of hydrogen-bond acceptors (Lipinski definition) is 6. The molecule has 140 valence electrons. The minimum Gasteiger partial charge on any atom is -0.491 e. The lowest BCUT2D eigenvalue weighted by Gasteiger charge is -2.38. The first-order valence-electron chi connectivity index (χ1n) is 9.06. The van der Waals surface area contributed by atoms with Gasteiger partial charge in [-0.1, -0.05) is 12.1 Å². The molecule has 1 aliphatic heterocycles. The topological polar surface area (TPSA) is 61.7 Å². The summed E-state index contributed by atoms with van der Waals surface area (Å²) in [6, 6.07) is 7.93. The summed E-state index contributed by atoms with van der Waals surface area (Å²) in [4.78, 5) is 12.9. The molecule has 26 heavy (non-hydrogen) atoms. The Morgan fingerprint density at radius 2 is 2.04 bits per heavy atom. The maximum absolute atomic E-state index is 11.0. The number of β-amino-alcohol motifs (C(OH)–C–C–N with tert-alkyl or cyclic N) is 1. The van der Waals surface area contributed by atoms with Gasteiger partial charge in [0.1, 0.15) is 18.0 Å². The number of likely N-dealkylation sites (tertiary alicyclic amines) is 1. The highest BCUT2D eigenvalue weighted by Gasteiger charge is 2.34. The van der Waals surface area contributed by atoms with Crippen LogP contribution in [0.2, 0.25) is 0 Å². The molecule has 2 heterocycles. The normalized spacial score (nSPS) is 20.8. The zero-order valence-electron chi connectivity index (χ0n) is 15.9. The Morgan fingerprint density at radius 1 is 1.27 bits per heavy atom. The van der Waals surface area contributed by atoms with Crippen LogP contribution in [0.5, 0.6) is 5.75 Å². The van der Waals surface area contributed by atoms with Gasteiger partial charge in [0.2, 0.25) is 5.95 Å². The fourth-order valence-electron chi connectivity index (χ4n) is 3.30. The van der Waals surface area contributed by atoms with E-state index in [0.717, 1.165) is 42.8 Å². The molecule has 1 aromatic carbocycles. The van der Waals surface area contributed by atoms with E-state index >= 15 is 0 Å². The van der Waals surface area contributed by atoms with Crippen molar-refractivity contribution in [3.8, 4) is 5.75 Å². The maximum Gasteiger partial charge on any atom is 0.224 e. The molecule has 0 spiro atoms. The largest absolute Gasteiger partial charge is 0.491 e. The van der Waals surface area contributed by atoms with Gasteiger partial charge in [0.25, 0.3) is 0 Å². The molecule has 1 saturated heterocycles. The molecule has 1 aliphatic rings. The lowest BCUT2D eigenvalue weighted by molar-refractivity contribution is -0.0621. The van der Waals surface area contributed by atoms with Crippen LogP contribution in [0, 0.1) is 6.92 Å². The summed E-state index contributed by atoms with van der Waals surface area (Å²) in [7, 11) is 3.85. The van der Waals surface area contributed by atoms with E-state index in [0.29, 0.717) is 19.1 Å². The van der Waals surface area contributed by atoms with Crippen molar-refractivity contribution in [1.82, 2.24) is 14.9 Å². The van der Waals surface area contributed by atoms with E-state index < -0.39 is 5.60 Å². The quantitative estimate of drug-likeness (QED) is 0.857. The second kappa shape index (κ2) is 8.01. The second-order valence-electron chi connectivity index (χ2n) is 7.43. The van der Waals surface area contributed by atoms with E-state index in [1.165, 1.54) is 0 Å². The molecule has 0 saturated carbocycles. The molecule has 0 bridgehead atoms. The summed E-state index contributed by atoms with van der Waals surface area (Å²) in [5, 5.41) is 11.0. The third-order valence-corrected chi connectivity index (χ3v) is 4.63. The van der Waals surface area contributed by atoms with Crippen molar-refractivity contribution < 1.29 is 9.84 Å². The van der Waals surface area contributed by atoms with Crippen LogP contribution in [0.15, 0.2) is 36.7 Å². The minimum atomic E-state index is -0.827. The van der Waals surface area contributed by atoms with Crippen molar-refractivity contribution in [3.63, 3.8) is 0 Å². The van der Waals surface area contributed by atoms with Gasteiger partial charge in [0.05, 0.1) is 0 Å². The lowest BCUT2D eigenvalue weighted by Crippen LogP contribution is -2.51. The molecule has 0 unspecified atom stereocenters. The highest BCUT2D eigenvalue weighted by molar-refractivity contribution is 5.28. The van der Waals surface area contributed by atoms with Gasteiger partial charge in [-0.15, -0.1) is 0 Å². The first-order chi connectivity index (χ1) is 12.4. The van der Waals surface area contributed by atoms with E-state index in [4.69, 9.17) is 4.74 Å². The molecule has 1 fully saturated rings. The van der Waals surface area contributed by atoms with E-state index in [1.807, 2.05) is 62.6 Å². The minimum absolute atomic E-state index is 0.309. The molecular weight excluding hydrogens is 328 g/mol. The van der Waals surface area contributed by atoms with E-state index in [1.54, 1.807) is 0 Å². The van der Waals surface area contributed by atoms with Gasteiger partial charge in [0, 0.05) is 45.1 Å². The van der Waals surface area contributed by atoms with Gasteiger partial charge in [-0.25, -0.2) is 9.97 Å². The van der Waals surface area contributed by atoms with Crippen molar-refractivity contribution >= 4 is 5.95 Å². The van der Waals surface area contributed by atoms with Gasteiger partial charge in [0.15, 0.2) is 0 Å². The summed E-state index contributed by atoms with van der Waals surface area (Å²) in [6.45, 7) is 4.63. The number of aromatic nitrogens is 2. The first kappa shape index (κ1) is 18.6. The number of hydrogen-bond donors (Lipinski definition) is 1. The number of aliphatic hydroxyl groups is 1. The molecule has 0 radical (unpaired) electrons. The van der Waals surface area contributed by atoms with Crippen LogP contribution in [0.1, 0.15) is 24.0 Å². The van der Waals surface area contributed by atoms with Crippen LogP contribution in [0.3, 0.4) is 0 Å². The summed E-state index contributed by atoms with van der Waals surface area (Å²) < 4.78 is 5.86. The number of ether oxygens (including phenoxy) is 1. The van der Waals surface area contributed by atoms with Gasteiger partial charge in [-0.2, -0.15) is 0 Å². The molecule has 3 rings (SSSR count). The van der Waals surface area contributed by atoms with Gasteiger partial charge in [-0.3, -0.25) is 4.90 Å². The van der Waals surface area contributed by atoms with E-state index in [2.05, 4.69) is 14.9 Å². The number of benzene rings is 1. The standard InChI is InChI=1S/C20H28N4O2/c1-16-6-4-7-18(10-16)26-15-20(25)8-5-9-24(14-20)13-17-11-21-19(22-12-17)23(2)3/h4,6-7,10-12,25H,5,8-9,13-15H2,1-3H3/t20-/m0/s1. The SMILES string of the molecule is Cc1cccc(OC[C@]2(O)CCCN(Cc3cnc(N(C)C)nc3)C2)c1. The number of piperidine rings is 1. The van der Waals surface area contributed by atoms with Crippen molar-refractivity contribution in [3.05, 3.63) is 47.8 Å². The van der Waals surface area contributed by atoms with Crippen molar-refractivity contribution in [1.29, 1.82) is 0 Å². The first-order valence-corrected chi connectivity index (χ1v) is 9.06. The predicted molar refractivity (Wildman–Crippen MR) is 102 cm³/mol. The molecule has 1 aromatic heterocycles. The van der Waals surface area contributed by atoms with Crippen LogP contribution in [0.25, 0.3) is 0 Å². The third-order valence-electron chi connectivity index (χ3n) is 4.63. The average molecular weight is 356 g/mol. The zero-order chi connectivity index (χ0) is 18.6. The van der Waals surface area contributed by atoms with Crippen LogP contribution in [-0.2, 0) is 6.54 Å². The summed E-state index contributed by atoms with van der Waals surface area (Å²) >= 11 is 0. The number of rotatable bonds is 6. The number of nitrogens with zero attached hydrogens (tertiary/aromatic N) is 4. The van der Waals surface area contributed by atoms with Crippen molar-refractivity contribution in [2.75, 3.05) is 38.7 Å². The van der Waals surface area contributed by atoms with E-state index in [9.17, 15) is 5.11 Å². The predicted octanol–water partition coefficient (Wildman–Crippen LogP) is 2.26. The molecule has 0 amide bonds. The molecule has 6 heteroatoms. The van der Waals surface area contributed by atoms with Gasteiger partial charge in [-0.05, 0) is 44.0 Å². The Labute approximate surface area is 155 Å². The monoisotopic (exact) mass is 356 g/mol. The highest BCUT2D eigenvalue weighted by atomic mass is 16.5. The molecule has 1 atom stereocenters. The smallest absolute Gasteiger partial charge is 0.224 e. The Bertz CT molecular complexity index is 720. The van der Waals surface area contributed by atoms with Crippen LogP contribution in [-0.4, -0.2) is 59.4 Å². The van der Waals surface area contributed by atoms with Crippen LogP contribution in [0.4, 0.5) is 5.95 Å². The van der Waals surface area contributed by atoms with Crippen molar-refractivity contribution in [2.45, 2.75) is 31.9 Å². The number of aryl methyl sites for hydroxylation is 1. The average Bonchev–Trinajstić information content (AvgIpc) is 2.61. The maximum atomic E-state index is 11.0. The molecule has 6 nitrogen and oxygen atoms in total. The fourth-order valence-corrected chi connectivity index (χ4v) is 3.30. The van der Waals surface area contributed by atoms with Gasteiger partial charge < -0.3 is 14.7 Å². The Morgan fingerprint density at radius 3 is 2.73 bits per heavy atom. The Balaban J connectivity index is 1.57. The van der Waals surface area contributed by atoms with Crippen LogP contribution >= 0.6 is 0 Å². The molecule has 0 aliphatic carbocycles. The highest BCUT2D eigenvalue weighted by Crippen LogP contribution is 2.24. The fraction of sp³-hybridized carbons (Fsp3) is 0.500. The second-order valence-corrected chi connectivity index (χ2v) is 7.43. The lowest BCUT2D eigenvalue weighted by atomic mass is 9.93. The summed E-state index contributed by atoms with van der Waals surface area (Å²) in [5.41, 5.74) is 1.38. The third kappa shape index (κ3) is 4.93. The zero-order valence-corrected chi connectivity index (χ0v) is 15.9. The van der Waals surface area contributed by atoms with Crippen LogP contribution < -0.4 is 9.64 Å². The molecule has 2 aromatic rings. The molecular formula is C20H28N4O2. The molecule has 1 N–H and O–H groups in total. The van der Waals surface area contributed by atoms with E-state index in [-0.39, 0.29) is 0 Å².